The second kappa shape index (κ2) is 3.39. The molecule has 1 heteroatoms. The van der Waals surface area contributed by atoms with Gasteiger partial charge in [-0.05, 0) is 47.6 Å². The summed E-state index contributed by atoms with van der Waals surface area (Å²) in [6.07, 6.45) is 9.89. The van der Waals surface area contributed by atoms with Crippen LogP contribution in [0.3, 0.4) is 0 Å². The molecule has 0 aromatic rings. The molecule has 2 unspecified atom stereocenters. The minimum atomic E-state index is -0.0513. The van der Waals surface area contributed by atoms with Crippen LogP contribution in [0.1, 0.15) is 40.5 Å². The van der Waals surface area contributed by atoms with Gasteiger partial charge in [0.2, 0.25) is 0 Å². The third-order valence-electron chi connectivity index (χ3n) is 4.84. The maximum absolute atomic E-state index is 5.70. The van der Waals surface area contributed by atoms with E-state index in [0.29, 0.717) is 0 Å². The molecule has 0 aliphatic carbocycles. The summed E-state index contributed by atoms with van der Waals surface area (Å²) in [5.41, 5.74) is 0.0209. The van der Waals surface area contributed by atoms with Gasteiger partial charge in [-0.1, -0.05) is 12.0 Å². The lowest BCUT2D eigenvalue weighted by molar-refractivity contribution is -0.0541. The summed E-state index contributed by atoms with van der Waals surface area (Å²) in [5.74, 6) is 2.99. The smallest absolute Gasteiger partial charge is 0.0463 e. The SMILES string of the molecule is C#CC1(C)CCC(C)(C=C)N(C)C1(C)C. The summed E-state index contributed by atoms with van der Waals surface area (Å²) in [5, 5.41) is 0. The summed E-state index contributed by atoms with van der Waals surface area (Å²) in [7, 11) is 2.15. The molecule has 84 valence electrons. The molecule has 0 aromatic heterocycles. The third-order valence-corrected chi connectivity index (χ3v) is 4.84. The van der Waals surface area contributed by atoms with E-state index in [2.05, 4.69) is 52.1 Å². The van der Waals surface area contributed by atoms with Crippen LogP contribution in [0.5, 0.6) is 0 Å². The summed E-state index contributed by atoms with van der Waals surface area (Å²) >= 11 is 0. The first-order chi connectivity index (χ1) is 6.73. The molecule has 1 fully saturated rings. The lowest BCUT2D eigenvalue weighted by Crippen LogP contribution is -2.64. The highest BCUT2D eigenvalue weighted by molar-refractivity contribution is 5.21. The summed E-state index contributed by atoms with van der Waals surface area (Å²) in [4.78, 5) is 2.37. The molecule has 0 bridgehead atoms. The molecule has 0 N–H and O–H groups in total. The number of piperidine rings is 1. The van der Waals surface area contributed by atoms with Gasteiger partial charge in [-0.15, -0.1) is 13.0 Å². The Balaban J connectivity index is 3.16. The minimum Gasteiger partial charge on any atom is -0.291 e. The topological polar surface area (TPSA) is 3.24 Å². The van der Waals surface area contributed by atoms with E-state index < -0.39 is 0 Å². The molecule has 0 spiro atoms. The molecule has 15 heavy (non-hydrogen) atoms. The fourth-order valence-electron chi connectivity index (χ4n) is 2.47. The van der Waals surface area contributed by atoms with Gasteiger partial charge in [-0.3, -0.25) is 4.90 Å². The van der Waals surface area contributed by atoms with Gasteiger partial charge in [0.05, 0.1) is 0 Å². The first-order valence-electron chi connectivity index (χ1n) is 5.59. The number of rotatable bonds is 1. The number of likely N-dealkylation sites (tertiary alicyclic amines) is 1. The molecule has 0 amide bonds. The Kier molecular flexibility index (Phi) is 2.78. The van der Waals surface area contributed by atoms with E-state index >= 15 is 0 Å². The Labute approximate surface area is 94.5 Å². The van der Waals surface area contributed by atoms with Crippen molar-refractivity contribution in [3.05, 3.63) is 12.7 Å². The molecule has 0 radical (unpaired) electrons. The summed E-state index contributed by atoms with van der Waals surface area (Å²) < 4.78 is 0. The molecule has 0 aromatic carbocycles. The average Bonchev–Trinajstić information content (AvgIpc) is 2.22. The van der Waals surface area contributed by atoms with Crippen molar-refractivity contribution in [1.29, 1.82) is 0 Å². The second-order valence-electron chi connectivity index (χ2n) is 5.66. The molecule has 1 aliphatic heterocycles. The van der Waals surface area contributed by atoms with E-state index in [1.165, 1.54) is 0 Å². The van der Waals surface area contributed by atoms with E-state index in [1.54, 1.807) is 0 Å². The van der Waals surface area contributed by atoms with Crippen LogP contribution in [0.2, 0.25) is 0 Å². The van der Waals surface area contributed by atoms with Crippen molar-refractivity contribution in [2.75, 3.05) is 7.05 Å². The number of hydrogen-bond donors (Lipinski definition) is 0. The van der Waals surface area contributed by atoms with Crippen LogP contribution in [-0.2, 0) is 0 Å². The van der Waals surface area contributed by atoms with Gasteiger partial charge in [-0.2, -0.15) is 0 Å². The molecule has 1 rings (SSSR count). The lowest BCUT2D eigenvalue weighted by atomic mass is 9.63. The van der Waals surface area contributed by atoms with Crippen LogP contribution in [0.4, 0.5) is 0 Å². The predicted molar refractivity (Wildman–Crippen MR) is 66.6 cm³/mol. The van der Waals surface area contributed by atoms with E-state index in [1.807, 2.05) is 6.08 Å². The molecule has 0 saturated carbocycles. The van der Waals surface area contributed by atoms with Gasteiger partial charge in [0.15, 0.2) is 0 Å². The zero-order chi connectivity index (χ0) is 11.9. The quantitative estimate of drug-likeness (QED) is 0.470. The van der Waals surface area contributed by atoms with Crippen molar-refractivity contribution in [3.63, 3.8) is 0 Å². The molecular weight excluding hydrogens is 182 g/mol. The Bertz CT molecular complexity index is 310. The van der Waals surface area contributed by atoms with Crippen LogP contribution in [0.25, 0.3) is 0 Å². The molecule has 2 atom stereocenters. The number of likely N-dealkylation sites (N-methyl/N-ethyl adjacent to an activating group) is 1. The second-order valence-corrected chi connectivity index (χ2v) is 5.66. The largest absolute Gasteiger partial charge is 0.291 e. The van der Waals surface area contributed by atoms with Gasteiger partial charge < -0.3 is 0 Å². The fraction of sp³-hybridized carbons (Fsp3) is 0.714. The van der Waals surface area contributed by atoms with Gasteiger partial charge in [0, 0.05) is 16.5 Å². The zero-order valence-electron chi connectivity index (χ0n) is 10.7. The van der Waals surface area contributed by atoms with Gasteiger partial charge in [0.25, 0.3) is 0 Å². The maximum atomic E-state index is 5.70. The molecule has 1 aliphatic rings. The van der Waals surface area contributed by atoms with Crippen LogP contribution >= 0.6 is 0 Å². The van der Waals surface area contributed by atoms with E-state index in [9.17, 15) is 0 Å². The van der Waals surface area contributed by atoms with Crippen LogP contribution < -0.4 is 0 Å². The minimum absolute atomic E-state index is 0.00292. The Morgan fingerprint density at radius 2 is 1.80 bits per heavy atom. The standard InChI is InChI=1S/C14H23N/c1-8-13(5)10-11-14(6,9-2)15(7)12(13,3)4/h1,9H,2,10-11H2,3-7H3. The lowest BCUT2D eigenvalue weighted by Gasteiger charge is -2.58. The van der Waals surface area contributed by atoms with Gasteiger partial charge >= 0.3 is 0 Å². The van der Waals surface area contributed by atoms with Crippen molar-refractivity contribution in [3.8, 4) is 12.3 Å². The third kappa shape index (κ3) is 1.52. The fourth-order valence-corrected chi connectivity index (χ4v) is 2.47. The van der Waals surface area contributed by atoms with Crippen molar-refractivity contribution in [2.24, 2.45) is 5.41 Å². The predicted octanol–water partition coefficient (Wildman–Crippen LogP) is 3.07. The maximum Gasteiger partial charge on any atom is 0.0463 e. The van der Waals surface area contributed by atoms with Crippen LogP contribution in [0.15, 0.2) is 12.7 Å². The van der Waals surface area contributed by atoms with Crippen molar-refractivity contribution in [2.45, 2.75) is 51.6 Å². The Morgan fingerprint density at radius 1 is 1.27 bits per heavy atom. The first kappa shape index (κ1) is 12.3. The highest BCUT2D eigenvalue weighted by Crippen LogP contribution is 2.48. The molecule has 1 nitrogen and oxygen atoms in total. The first-order valence-corrected chi connectivity index (χ1v) is 5.59. The zero-order valence-corrected chi connectivity index (χ0v) is 10.7. The summed E-state index contributed by atoms with van der Waals surface area (Å²) in [6, 6.07) is 0. The highest BCUT2D eigenvalue weighted by atomic mass is 15.2. The van der Waals surface area contributed by atoms with E-state index in [-0.39, 0.29) is 16.5 Å². The van der Waals surface area contributed by atoms with Gasteiger partial charge in [-0.25, -0.2) is 0 Å². The number of nitrogens with zero attached hydrogens (tertiary/aromatic N) is 1. The van der Waals surface area contributed by atoms with Crippen molar-refractivity contribution in [1.82, 2.24) is 4.90 Å². The number of hydrogen-bond acceptors (Lipinski definition) is 1. The highest BCUT2D eigenvalue weighted by Gasteiger charge is 2.51. The average molecular weight is 205 g/mol. The molecule has 1 saturated heterocycles. The summed E-state index contributed by atoms with van der Waals surface area (Å²) in [6.45, 7) is 12.8. The number of terminal acetylenes is 1. The van der Waals surface area contributed by atoms with Crippen molar-refractivity contribution >= 4 is 0 Å². The van der Waals surface area contributed by atoms with E-state index in [0.717, 1.165) is 12.8 Å². The molecule has 1 heterocycles. The monoisotopic (exact) mass is 205 g/mol. The van der Waals surface area contributed by atoms with Gasteiger partial charge in [0.1, 0.15) is 0 Å². The molecular formula is C14H23N. The Morgan fingerprint density at radius 3 is 2.20 bits per heavy atom. The Hall–Kier alpha value is -0.740. The van der Waals surface area contributed by atoms with Crippen LogP contribution in [0, 0.1) is 17.8 Å². The van der Waals surface area contributed by atoms with E-state index in [4.69, 9.17) is 6.42 Å². The normalized spacial score (nSPS) is 40.8. The van der Waals surface area contributed by atoms with Crippen LogP contribution in [-0.4, -0.2) is 23.0 Å². The van der Waals surface area contributed by atoms with Crippen molar-refractivity contribution < 1.29 is 0 Å².